The van der Waals surface area contributed by atoms with Crippen LogP contribution in [-0.4, -0.2) is 11.9 Å². The van der Waals surface area contributed by atoms with Crippen LogP contribution < -0.4 is 0 Å². The molecular formula is C6H6F3N. The number of rotatable bonds is 2. The van der Waals surface area contributed by atoms with Gasteiger partial charge in [0.05, 0.1) is 0 Å². The lowest BCUT2D eigenvalue weighted by Crippen LogP contribution is -2.19. The summed E-state index contributed by atoms with van der Waals surface area (Å²) in [5.41, 5.74) is -1.03. The number of halogens is 3. The largest absolute Gasteiger partial charge is 0.433 e. The summed E-state index contributed by atoms with van der Waals surface area (Å²) in [6, 6.07) is 0. The van der Waals surface area contributed by atoms with E-state index in [2.05, 4.69) is 18.2 Å². The Morgan fingerprint density at radius 3 is 1.90 bits per heavy atom. The molecule has 0 unspecified atom stereocenters. The lowest BCUT2D eigenvalue weighted by atomic mass is 10.3. The van der Waals surface area contributed by atoms with Crippen molar-refractivity contribution in [2.75, 3.05) is 0 Å². The molecule has 0 heterocycles. The van der Waals surface area contributed by atoms with E-state index < -0.39 is 11.9 Å². The molecule has 0 aromatic rings. The van der Waals surface area contributed by atoms with Crippen molar-refractivity contribution in [3.8, 4) is 0 Å². The maximum atomic E-state index is 11.7. The third-order valence-corrected chi connectivity index (χ3v) is 0.714. The lowest BCUT2D eigenvalue weighted by Gasteiger charge is -2.02. The third kappa shape index (κ3) is 2.48. The zero-order valence-electron chi connectivity index (χ0n) is 5.15. The highest BCUT2D eigenvalue weighted by atomic mass is 19.4. The molecule has 0 aromatic heterocycles. The number of nitrogens with zero attached hydrogens (tertiary/aromatic N) is 1. The van der Waals surface area contributed by atoms with Crippen LogP contribution in [0.25, 0.3) is 0 Å². The second kappa shape index (κ2) is 3.20. The molecule has 0 fully saturated rings. The first-order chi connectivity index (χ1) is 4.52. The summed E-state index contributed by atoms with van der Waals surface area (Å²) >= 11 is 0. The van der Waals surface area contributed by atoms with Crippen molar-refractivity contribution in [2.24, 2.45) is 4.99 Å². The van der Waals surface area contributed by atoms with Gasteiger partial charge in [0.25, 0.3) is 0 Å². The normalized spacial score (nSPS) is 12.9. The molecular weight excluding hydrogens is 143 g/mol. The van der Waals surface area contributed by atoms with E-state index in [1.54, 1.807) is 0 Å². The van der Waals surface area contributed by atoms with Gasteiger partial charge in [-0.05, 0) is 6.08 Å². The van der Waals surface area contributed by atoms with E-state index >= 15 is 0 Å². The molecule has 56 valence electrons. The van der Waals surface area contributed by atoms with Gasteiger partial charge < -0.3 is 0 Å². The smallest absolute Gasteiger partial charge is 0.252 e. The number of aliphatic imine (C=N–C) groups is 1. The molecule has 1 nitrogen and oxygen atoms in total. The quantitative estimate of drug-likeness (QED) is 0.534. The van der Waals surface area contributed by atoms with Crippen LogP contribution in [0.1, 0.15) is 0 Å². The Balaban J connectivity index is 4.51. The molecule has 0 spiro atoms. The van der Waals surface area contributed by atoms with E-state index in [1.807, 2.05) is 0 Å². The second-order valence-electron chi connectivity index (χ2n) is 1.40. The fourth-order valence-corrected chi connectivity index (χ4v) is 0.340. The Bertz CT molecular complexity index is 166. The molecule has 0 atom stereocenters. The maximum Gasteiger partial charge on any atom is 0.433 e. The lowest BCUT2D eigenvalue weighted by molar-refractivity contribution is -0.0576. The van der Waals surface area contributed by atoms with Gasteiger partial charge in [0.2, 0.25) is 0 Å². The van der Waals surface area contributed by atoms with Crippen molar-refractivity contribution in [3.05, 3.63) is 25.4 Å². The molecule has 0 aliphatic heterocycles. The fourth-order valence-electron chi connectivity index (χ4n) is 0.340. The van der Waals surface area contributed by atoms with Gasteiger partial charge in [0, 0.05) is 6.20 Å². The summed E-state index contributed by atoms with van der Waals surface area (Å²) in [5.74, 6) is 0. The molecule has 0 amide bonds. The van der Waals surface area contributed by atoms with Crippen LogP contribution in [0.15, 0.2) is 30.4 Å². The highest BCUT2D eigenvalue weighted by Gasteiger charge is 2.32. The summed E-state index contributed by atoms with van der Waals surface area (Å²) in [7, 11) is 0. The topological polar surface area (TPSA) is 12.4 Å². The van der Waals surface area contributed by atoms with E-state index in [0.29, 0.717) is 6.08 Å². The fraction of sp³-hybridized carbons (Fsp3) is 0.167. The molecule has 0 N–H and O–H groups in total. The van der Waals surface area contributed by atoms with Gasteiger partial charge in [-0.1, -0.05) is 13.2 Å². The van der Waals surface area contributed by atoms with Gasteiger partial charge in [0.1, 0.15) is 5.71 Å². The van der Waals surface area contributed by atoms with Gasteiger partial charge in [-0.25, -0.2) is 0 Å². The van der Waals surface area contributed by atoms with Gasteiger partial charge in [-0.2, -0.15) is 13.2 Å². The standard InChI is InChI=1S/C6H6F3N/c1-3-5(10-4-2)6(7,8)9/h3-4H,1-2H2. The molecule has 0 saturated carbocycles. The molecule has 0 saturated heterocycles. The predicted octanol–water partition coefficient (Wildman–Crippen LogP) is 2.32. The van der Waals surface area contributed by atoms with Crippen molar-refractivity contribution >= 4 is 5.71 Å². The molecule has 10 heavy (non-hydrogen) atoms. The van der Waals surface area contributed by atoms with Crippen LogP contribution in [0.3, 0.4) is 0 Å². The van der Waals surface area contributed by atoms with Crippen molar-refractivity contribution in [2.45, 2.75) is 6.18 Å². The summed E-state index contributed by atoms with van der Waals surface area (Å²) < 4.78 is 35.0. The average Bonchev–Trinajstić information content (AvgIpc) is 1.80. The zero-order chi connectivity index (χ0) is 8.20. The van der Waals surface area contributed by atoms with E-state index in [1.165, 1.54) is 0 Å². The van der Waals surface area contributed by atoms with Crippen LogP contribution in [0.2, 0.25) is 0 Å². The van der Waals surface area contributed by atoms with Crippen molar-refractivity contribution in [1.29, 1.82) is 0 Å². The molecule has 0 rings (SSSR count). The SMILES string of the molecule is C=CN=C(C=C)C(F)(F)F. The zero-order valence-corrected chi connectivity index (χ0v) is 5.15. The molecule has 0 aliphatic rings. The van der Waals surface area contributed by atoms with Crippen molar-refractivity contribution in [3.63, 3.8) is 0 Å². The van der Waals surface area contributed by atoms with Crippen LogP contribution >= 0.6 is 0 Å². The highest BCUT2D eigenvalue weighted by molar-refractivity contribution is 5.99. The third-order valence-electron chi connectivity index (χ3n) is 0.714. The minimum absolute atomic E-state index is 0.641. The van der Waals surface area contributed by atoms with E-state index in [9.17, 15) is 13.2 Å². The van der Waals surface area contributed by atoms with Crippen LogP contribution in [0, 0.1) is 0 Å². The maximum absolute atomic E-state index is 11.7. The Morgan fingerprint density at radius 1 is 1.30 bits per heavy atom. The van der Waals surface area contributed by atoms with Crippen molar-refractivity contribution in [1.82, 2.24) is 0 Å². The van der Waals surface area contributed by atoms with Gasteiger partial charge >= 0.3 is 6.18 Å². The Kier molecular flexibility index (Phi) is 2.86. The predicted molar refractivity (Wildman–Crippen MR) is 33.9 cm³/mol. The Hall–Kier alpha value is -1.06. The number of allylic oxidation sites excluding steroid dienone is 1. The molecule has 0 aliphatic carbocycles. The second-order valence-corrected chi connectivity index (χ2v) is 1.40. The first-order valence-corrected chi connectivity index (χ1v) is 2.40. The minimum Gasteiger partial charge on any atom is -0.252 e. The van der Waals surface area contributed by atoms with E-state index in [0.717, 1.165) is 6.20 Å². The number of alkyl halides is 3. The molecule has 4 heteroatoms. The first kappa shape index (κ1) is 8.94. The van der Waals surface area contributed by atoms with E-state index in [4.69, 9.17) is 0 Å². The average molecular weight is 149 g/mol. The summed E-state index contributed by atoms with van der Waals surface area (Å²) in [6.07, 6.45) is -2.96. The summed E-state index contributed by atoms with van der Waals surface area (Å²) in [4.78, 5) is 2.95. The van der Waals surface area contributed by atoms with Crippen LogP contribution in [0.4, 0.5) is 13.2 Å². The molecule has 0 aromatic carbocycles. The number of hydrogen-bond donors (Lipinski definition) is 0. The monoisotopic (exact) mass is 149 g/mol. The van der Waals surface area contributed by atoms with E-state index in [-0.39, 0.29) is 0 Å². The Labute approximate surface area is 56.6 Å². The minimum atomic E-state index is -4.42. The van der Waals surface area contributed by atoms with Gasteiger partial charge in [0.15, 0.2) is 0 Å². The number of hydrogen-bond acceptors (Lipinski definition) is 1. The van der Waals surface area contributed by atoms with Crippen molar-refractivity contribution < 1.29 is 13.2 Å². The van der Waals surface area contributed by atoms with Crippen LogP contribution in [-0.2, 0) is 0 Å². The van der Waals surface area contributed by atoms with Gasteiger partial charge in [-0.3, -0.25) is 4.99 Å². The molecule has 0 bridgehead atoms. The summed E-state index contributed by atoms with van der Waals surface area (Å²) in [6.45, 7) is 5.97. The summed E-state index contributed by atoms with van der Waals surface area (Å²) in [5, 5.41) is 0. The first-order valence-electron chi connectivity index (χ1n) is 2.40. The highest BCUT2D eigenvalue weighted by Crippen LogP contribution is 2.17. The Morgan fingerprint density at radius 2 is 1.80 bits per heavy atom. The van der Waals surface area contributed by atoms with Crippen LogP contribution in [0.5, 0.6) is 0 Å². The molecule has 0 radical (unpaired) electrons. The van der Waals surface area contributed by atoms with Gasteiger partial charge in [-0.15, -0.1) is 0 Å².